The molecular weight excluding hydrogens is 445 g/mol. The van der Waals surface area contributed by atoms with Crippen LogP contribution in [0.25, 0.3) is 0 Å². The van der Waals surface area contributed by atoms with Gasteiger partial charge in [-0.05, 0) is 66.9 Å². The number of hydrogen-bond acceptors (Lipinski definition) is 3. The van der Waals surface area contributed by atoms with E-state index in [4.69, 9.17) is 4.74 Å². The zero-order valence-electron chi connectivity index (χ0n) is 18.8. The fourth-order valence-electron chi connectivity index (χ4n) is 3.06. The Labute approximate surface area is 195 Å². The molecule has 0 saturated carbocycles. The highest BCUT2D eigenvalue weighted by Crippen LogP contribution is 2.30. The van der Waals surface area contributed by atoms with Crippen molar-refractivity contribution < 1.29 is 27.5 Å². The summed E-state index contributed by atoms with van der Waals surface area (Å²) >= 11 is 0. The van der Waals surface area contributed by atoms with Gasteiger partial charge in [0.15, 0.2) is 0 Å². The van der Waals surface area contributed by atoms with Gasteiger partial charge in [-0.25, -0.2) is 0 Å². The van der Waals surface area contributed by atoms with Crippen molar-refractivity contribution in [3.63, 3.8) is 0 Å². The summed E-state index contributed by atoms with van der Waals surface area (Å²) in [7, 11) is 0. The number of nitrogens with one attached hydrogen (secondary N) is 2. The van der Waals surface area contributed by atoms with Gasteiger partial charge < -0.3 is 15.4 Å². The van der Waals surface area contributed by atoms with Gasteiger partial charge in [0.2, 0.25) is 0 Å². The Hall–Kier alpha value is -3.81. The van der Waals surface area contributed by atoms with Crippen LogP contribution < -0.4 is 15.4 Å². The van der Waals surface area contributed by atoms with Crippen LogP contribution in [0.3, 0.4) is 0 Å². The van der Waals surface area contributed by atoms with Gasteiger partial charge in [0.1, 0.15) is 5.75 Å². The van der Waals surface area contributed by atoms with E-state index in [9.17, 15) is 22.8 Å². The average molecular weight is 470 g/mol. The van der Waals surface area contributed by atoms with Crippen molar-refractivity contribution >= 4 is 23.2 Å². The molecule has 3 aromatic carbocycles. The van der Waals surface area contributed by atoms with E-state index in [0.29, 0.717) is 29.5 Å². The van der Waals surface area contributed by atoms with Gasteiger partial charge >= 0.3 is 6.18 Å². The molecular formula is C26H25F3N2O3. The third kappa shape index (κ3) is 7.10. The summed E-state index contributed by atoms with van der Waals surface area (Å²) in [6.07, 6.45) is -3.62. The smallest absolute Gasteiger partial charge is 0.416 e. The first kappa shape index (κ1) is 24.8. The van der Waals surface area contributed by atoms with Crippen molar-refractivity contribution in [3.8, 4) is 5.75 Å². The van der Waals surface area contributed by atoms with Gasteiger partial charge in [-0.15, -0.1) is 0 Å². The van der Waals surface area contributed by atoms with E-state index in [1.165, 1.54) is 24.3 Å². The minimum atomic E-state index is -4.51. The lowest BCUT2D eigenvalue weighted by Gasteiger charge is -2.11. The summed E-state index contributed by atoms with van der Waals surface area (Å²) < 4.78 is 44.4. The van der Waals surface area contributed by atoms with Crippen molar-refractivity contribution in [1.29, 1.82) is 0 Å². The molecule has 0 saturated heterocycles. The minimum Gasteiger partial charge on any atom is -0.494 e. The minimum absolute atomic E-state index is 0.0172. The highest BCUT2D eigenvalue weighted by Gasteiger charge is 2.30. The summed E-state index contributed by atoms with van der Waals surface area (Å²) in [6.45, 7) is 4.74. The number of ether oxygens (including phenoxy) is 1. The predicted octanol–water partition coefficient (Wildman–Crippen LogP) is 6.63. The van der Waals surface area contributed by atoms with Gasteiger partial charge in [0.05, 0.1) is 12.2 Å². The number of halogens is 3. The molecule has 5 nitrogen and oxygen atoms in total. The maximum atomic E-state index is 12.9. The van der Waals surface area contributed by atoms with Gasteiger partial charge in [-0.3, -0.25) is 9.59 Å². The van der Waals surface area contributed by atoms with Crippen LogP contribution in [0.5, 0.6) is 5.75 Å². The first-order valence-corrected chi connectivity index (χ1v) is 10.7. The number of carbonyl (C=O) groups is 2. The molecule has 0 aliphatic rings. The van der Waals surface area contributed by atoms with Crippen molar-refractivity contribution in [1.82, 2.24) is 0 Å². The van der Waals surface area contributed by atoms with Gasteiger partial charge in [0.25, 0.3) is 11.8 Å². The van der Waals surface area contributed by atoms with E-state index < -0.39 is 17.6 Å². The van der Waals surface area contributed by atoms with Crippen LogP contribution in [0.4, 0.5) is 24.5 Å². The van der Waals surface area contributed by atoms with E-state index in [1.807, 2.05) is 0 Å². The number of benzene rings is 3. The molecule has 0 heterocycles. The first-order valence-electron chi connectivity index (χ1n) is 10.7. The van der Waals surface area contributed by atoms with Crippen LogP contribution >= 0.6 is 0 Å². The second-order valence-electron chi connectivity index (χ2n) is 8.13. The number of alkyl halides is 3. The predicted molar refractivity (Wildman–Crippen MR) is 125 cm³/mol. The molecule has 3 aromatic rings. The molecule has 8 heteroatoms. The fourth-order valence-corrected chi connectivity index (χ4v) is 3.06. The maximum absolute atomic E-state index is 12.9. The summed E-state index contributed by atoms with van der Waals surface area (Å²) in [6, 6.07) is 17.3. The average Bonchev–Trinajstić information content (AvgIpc) is 2.79. The third-order valence-electron chi connectivity index (χ3n) is 4.89. The Morgan fingerprint density at radius 3 is 2.00 bits per heavy atom. The number of rotatable bonds is 8. The van der Waals surface area contributed by atoms with Crippen molar-refractivity contribution in [3.05, 3.63) is 89.5 Å². The highest BCUT2D eigenvalue weighted by molar-refractivity contribution is 6.07. The highest BCUT2D eigenvalue weighted by atomic mass is 19.4. The molecule has 0 unspecified atom stereocenters. The Morgan fingerprint density at radius 2 is 1.38 bits per heavy atom. The Morgan fingerprint density at radius 1 is 0.824 bits per heavy atom. The molecule has 0 aliphatic heterocycles. The molecule has 0 atom stereocenters. The second-order valence-corrected chi connectivity index (χ2v) is 8.13. The molecule has 0 bridgehead atoms. The van der Waals surface area contributed by atoms with Crippen LogP contribution in [0, 0.1) is 5.92 Å². The SMILES string of the molecule is CC(C)CCOc1cccc(C(=O)Nc2cccc(C(=O)Nc3cccc(C(F)(F)F)c3)c2)c1. The molecule has 0 aromatic heterocycles. The molecule has 34 heavy (non-hydrogen) atoms. The molecule has 0 radical (unpaired) electrons. The standard InChI is InChI=1S/C26H25F3N2O3/c1-17(2)12-13-34-23-11-4-7-19(15-23)25(33)30-21-9-3-6-18(14-21)24(32)31-22-10-5-8-20(16-22)26(27,28)29/h3-11,14-17H,12-13H2,1-2H3,(H,30,33)(H,31,32). The number of amides is 2. The monoisotopic (exact) mass is 470 g/mol. The zero-order valence-corrected chi connectivity index (χ0v) is 18.8. The Kier molecular flexibility index (Phi) is 7.94. The number of carbonyl (C=O) groups excluding carboxylic acids is 2. The zero-order chi connectivity index (χ0) is 24.7. The summed E-state index contributed by atoms with van der Waals surface area (Å²) in [5, 5.41) is 5.17. The largest absolute Gasteiger partial charge is 0.494 e. The van der Waals surface area contributed by atoms with E-state index in [2.05, 4.69) is 24.5 Å². The maximum Gasteiger partial charge on any atom is 0.416 e. The lowest BCUT2D eigenvalue weighted by atomic mass is 10.1. The van der Waals surface area contributed by atoms with Gasteiger partial charge in [-0.1, -0.05) is 32.0 Å². The number of hydrogen-bond donors (Lipinski definition) is 2. The molecule has 2 N–H and O–H groups in total. The summed E-state index contributed by atoms with van der Waals surface area (Å²) in [5.41, 5.74) is 0.0972. The van der Waals surface area contributed by atoms with E-state index in [1.54, 1.807) is 36.4 Å². The third-order valence-corrected chi connectivity index (χ3v) is 4.89. The molecule has 0 fully saturated rings. The van der Waals surface area contributed by atoms with Crippen LogP contribution in [0.15, 0.2) is 72.8 Å². The van der Waals surface area contributed by atoms with E-state index in [0.717, 1.165) is 18.6 Å². The van der Waals surface area contributed by atoms with Gasteiger partial charge in [0, 0.05) is 22.5 Å². The molecule has 3 rings (SSSR count). The van der Waals surface area contributed by atoms with Crippen molar-refractivity contribution in [2.45, 2.75) is 26.4 Å². The normalized spacial score (nSPS) is 11.2. The van der Waals surface area contributed by atoms with E-state index in [-0.39, 0.29) is 17.2 Å². The fraction of sp³-hybridized carbons (Fsp3) is 0.231. The topological polar surface area (TPSA) is 67.4 Å². The molecule has 2 amide bonds. The van der Waals surface area contributed by atoms with Gasteiger partial charge in [-0.2, -0.15) is 13.2 Å². The summed E-state index contributed by atoms with van der Waals surface area (Å²) in [5.74, 6) is 0.104. The Bertz CT molecular complexity index is 1160. The molecule has 178 valence electrons. The quantitative estimate of drug-likeness (QED) is 0.388. The number of anilines is 2. The first-order chi connectivity index (χ1) is 16.1. The van der Waals surface area contributed by atoms with Crippen LogP contribution in [-0.4, -0.2) is 18.4 Å². The molecule has 0 aliphatic carbocycles. The van der Waals surface area contributed by atoms with Crippen molar-refractivity contribution in [2.75, 3.05) is 17.2 Å². The lowest BCUT2D eigenvalue weighted by molar-refractivity contribution is -0.137. The van der Waals surface area contributed by atoms with Crippen LogP contribution in [0.2, 0.25) is 0 Å². The van der Waals surface area contributed by atoms with Crippen molar-refractivity contribution in [2.24, 2.45) is 5.92 Å². The van der Waals surface area contributed by atoms with E-state index >= 15 is 0 Å². The van der Waals surface area contributed by atoms with Crippen LogP contribution in [0.1, 0.15) is 46.5 Å². The second kappa shape index (κ2) is 10.9. The Balaban J connectivity index is 1.66. The van der Waals surface area contributed by atoms with Crippen LogP contribution in [-0.2, 0) is 6.18 Å². The summed E-state index contributed by atoms with van der Waals surface area (Å²) in [4.78, 5) is 25.2. The lowest BCUT2D eigenvalue weighted by Crippen LogP contribution is -2.15. The molecule has 0 spiro atoms.